The van der Waals surface area contributed by atoms with Gasteiger partial charge in [0.05, 0.1) is 12.7 Å². The molecule has 86 valence electrons. The van der Waals surface area contributed by atoms with Crippen molar-refractivity contribution in [3.63, 3.8) is 0 Å². The van der Waals surface area contributed by atoms with Gasteiger partial charge in [0.2, 0.25) is 0 Å². The minimum absolute atomic E-state index is 0.0146. The zero-order valence-electron chi connectivity index (χ0n) is 9.22. The van der Waals surface area contributed by atoms with E-state index in [0.29, 0.717) is 6.42 Å². The van der Waals surface area contributed by atoms with E-state index in [2.05, 4.69) is 6.08 Å². The maximum Gasteiger partial charge on any atom is 0.188 e. The summed E-state index contributed by atoms with van der Waals surface area (Å²) in [6, 6.07) is 0. The van der Waals surface area contributed by atoms with Gasteiger partial charge in [-0.3, -0.25) is 4.79 Å². The molecular weight excluding hydrogens is 204 g/mol. The van der Waals surface area contributed by atoms with Crippen LogP contribution in [-0.4, -0.2) is 24.3 Å². The molecular formula is C13H16O3. The van der Waals surface area contributed by atoms with Crippen LogP contribution in [0.2, 0.25) is 0 Å². The Morgan fingerprint density at radius 2 is 2.25 bits per heavy atom. The predicted molar refractivity (Wildman–Crippen MR) is 58.8 cm³/mol. The summed E-state index contributed by atoms with van der Waals surface area (Å²) in [5, 5.41) is 0. The SMILES string of the molecule is O=C1C=CC2OC3(C=CC2C1)CCCCO3. The number of rotatable bonds is 0. The molecule has 1 fully saturated rings. The van der Waals surface area contributed by atoms with Crippen molar-refractivity contribution in [3.8, 4) is 0 Å². The fourth-order valence-corrected chi connectivity index (χ4v) is 2.62. The van der Waals surface area contributed by atoms with E-state index in [1.807, 2.05) is 12.2 Å². The third-order valence-electron chi connectivity index (χ3n) is 3.53. The van der Waals surface area contributed by atoms with Crippen molar-refractivity contribution in [1.29, 1.82) is 0 Å². The smallest absolute Gasteiger partial charge is 0.188 e. The maximum atomic E-state index is 11.3. The highest BCUT2D eigenvalue weighted by Gasteiger charge is 2.40. The first-order valence-corrected chi connectivity index (χ1v) is 6.00. The van der Waals surface area contributed by atoms with Crippen molar-refractivity contribution in [3.05, 3.63) is 24.3 Å². The second kappa shape index (κ2) is 3.82. The second-order valence-electron chi connectivity index (χ2n) is 4.75. The lowest BCUT2D eigenvalue weighted by atomic mass is 9.86. The molecule has 3 aliphatic rings. The van der Waals surface area contributed by atoms with Gasteiger partial charge < -0.3 is 9.47 Å². The van der Waals surface area contributed by atoms with E-state index in [1.165, 1.54) is 0 Å². The maximum absolute atomic E-state index is 11.3. The van der Waals surface area contributed by atoms with Crippen LogP contribution >= 0.6 is 0 Å². The Kier molecular flexibility index (Phi) is 2.45. The van der Waals surface area contributed by atoms with E-state index in [0.717, 1.165) is 25.9 Å². The summed E-state index contributed by atoms with van der Waals surface area (Å²) in [5.41, 5.74) is 0. The van der Waals surface area contributed by atoms with Gasteiger partial charge in [-0.25, -0.2) is 0 Å². The van der Waals surface area contributed by atoms with Crippen molar-refractivity contribution in [2.75, 3.05) is 6.61 Å². The molecule has 2 heterocycles. The van der Waals surface area contributed by atoms with Crippen molar-refractivity contribution in [1.82, 2.24) is 0 Å². The van der Waals surface area contributed by atoms with Gasteiger partial charge in [-0.05, 0) is 25.0 Å². The summed E-state index contributed by atoms with van der Waals surface area (Å²) in [7, 11) is 0. The fourth-order valence-electron chi connectivity index (χ4n) is 2.62. The van der Waals surface area contributed by atoms with Crippen LogP contribution in [0.3, 0.4) is 0 Å². The normalized spacial score (nSPS) is 42.4. The summed E-state index contributed by atoms with van der Waals surface area (Å²) >= 11 is 0. The molecule has 0 N–H and O–H groups in total. The van der Waals surface area contributed by atoms with Crippen molar-refractivity contribution in [2.45, 2.75) is 37.6 Å². The van der Waals surface area contributed by atoms with E-state index in [9.17, 15) is 4.79 Å². The quantitative estimate of drug-likeness (QED) is 0.586. The molecule has 2 aliphatic heterocycles. The van der Waals surface area contributed by atoms with Gasteiger partial charge in [-0.15, -0.1) is 0 Å². The van der Waals surface area contributed by atoms with Gasteiger partial charge >= 0.3 is 0 Å². The van der Waals surface area contributed by atoms with Crippen molar-refractivity contribution in [2.24, 2.45) is 5.92 Å². The third kappa shape index (κ3) is 1.74. The van der Waals surface area contributed by atoms with Crippen LogP contribution in [-0.2, 0) is 14.3 Å². The Bertz CT molecular complexity index is 350. The predicted octanol–water partition coefficient (Wildman–Crippen LogP) is 1.98. The van der Waals surface area contributed by atoms with E-state index < -0.39 is 5.79 Å². The second-order valence-corrected chi connectivity index (χ2v) is 4.75. The molecule has 3 unspecified atom stereocenters. The molecule has 3 atom stereocenters. The number of hydrogen-bond donors (Lipinski definition) is 0. The molecule has 0 aromatic rings. The molecule has 3 heteroatoms. The summed E-state index contributed by atoms with van der Waals surface area (Å²) in [6.45, 7) is 0.768. The molecule has 16 heavy (non-hydrogen) atoms. The van der Waals surface area contributed by atoms with Gasteiger partial charge in [0, 0.05) is 18.8 Å². The highest BCUT2D eigenvalue weighted by molar-refractivity contribution is 5.91. The average Bonchev–Trinajstić information content (AvgIpc) is 2.31. The molecule has 0 aromatic heterocycles. The lowest BCUT2D eigenvalue weighted by Crippen LogP contribution is -2.46. The molecule has 3 rings (SSSR count). The Hall–Kier alpha value is -0.930. The van der Waals surface area contributed by atoms with Gasteiger partial charge in [0.1, 0.15) is 0 Å². The van der Waals surface area contributed by atoms with E-state index in [1.54, 1.807) is 6.08 Å². The number of carbonyl (C=O) groups is 1. The molecule has 1 spiro atoms. The number of carbonyl (C=O) groups excluding carboxylic acids is 1. The minimum atomic E-state index is -0.510. The van der Waals surface area contributed by atoms with E-state index in [-0.39, 0.29) is 17.8 Å². The number of ether oxygens (including phenoxy) is 2. The monoisotopic (exact) mass is 220 g/mol. The van der Waals surface area contributed by atoms with Gasteiger partial charge in [-0.2, -0.15) is 0 Å². The number of hydrogen-bond acceptors (Lipinski definition) is 3. The number of allylic oxidation sites excluding steroid dienone is 1. The molecule has 0 bridgehead atoms. The van der Waals surface area contributed by atoms with Crippen molar-refractivity contribution >= 4 is 5.78 Å². The molecule has 0 radical (unpaired) electrons. The molecule has 1 saturated heterocycles. The summed E-state index contributed by atoms with van der Waals surface area (Å²) < 4.78 is 11.8. The lowest BCUT2D eigenvalue weighted by Gasteiger charge is -2.42. The van der Waals surface area contributed by atoms with Crippen LogP contribution in [0.5, 0.6) is 0 Å². The van der Waals surface area contributed by atoms with Crippen LogP contribution < -0.4 is 0 Å². The van der Waals surface area contributed by atoms with Crippen molar-refractivity contribution < 1.29 is 14.3 Å². The molecule has 1 aliphatic carbocycles. The van der Waals surface area contributed by atoms with Gasteiger partial charge in [0.25, 0.3) is 0 Å². The largest absolute Gasteiger partial charge is 0.346 e. The van der Waals surface area contributed by atoms with Gasteiger partial charge in [0.15, 0.2) is 11.6 Å². The molecule has 0 aromatic carbocycles. The standard InChI is InChI=1S/C13H16O3/c14-11-3-4-12-10(9-11)5-7-13(16-12)6-1-2-8-15-13/h3-5,7,10,12H,1-2,6,8-9H2. The third-order valence-corrected chi connectivity index (χ3v) is 3.53. The fraction of sp³-hybridized carbons (Fsp3) is 0.615. The Morgan fingerprint density at radius 3 is 3.06 bits per heavy atom. The molecule has 0 amide bonds. The molecule has 3 nitrogen and oxygen atoms in total. The summed E-state index contributed by atoms with van der Waals surface area (Å²) in [4.78, 5) is 11.3. The van der Waals surface area contributed by atoms with Crippen LogP contribution in [0.1, 0.15) is 25.7 Å². The first kappa shape index (κ1) is 10.2. The van der Waals surface area contributed by atoms with Gasteiger partial charge in [-0.1, -0.05) is 12.2 Å². The summed E-state index contributed by atoms with van der Waals surface area (Å²) in [5.74, 6) is -0.117. The molecule has 0 saturated carbocycles. The summed E-state index contributed by atoms with van der Waals surface area (Å²) in [6.07, 6.45) is 11.4. The highest BCUT2D eigenvalue weighted by atomic mass is 16.7. The first-order chi connectivity index (χ1) is 7.77. The first-order valence-electron chi connectivity index (χ1n) is 6.00. The van der Waals surface area contributed by atoms with Crippen LogP contribution in [0, 0.1) is 5.92 Å². The number of ketones is 1. The van der Waals surface area contributed by atoms with Crippen LogP contribution in [0.25, 0.3) is 0 Å². The van der Waals surface area contributed by atoms with E-state index in [4.69, 9.17) is 9.47 Å². The Labute approximate surface area is 95.1 Å². The highest BCUT2D eigenvalue weighted by Crippen LogP contribution is 2.37. The Balaban J connectivity index is 1.81. The topological polar surface area (TPSA) is 35.5 Å². The van der Waals surface area contributed by atoms with E-state index >= 15 is 0 Å². The van der Waals surface area contributed by atoms with Crippen LogP contribution in [0.4, 0.5) is 0 Å². The minimum Gasteiger partial charge on any atom is -0.346 e. The van der Waals surface area contributed by atoms with Crippen LogP contribution in [0.15, 0.2) is 24.3 Å². The average molecular weight is 220 g/mol. The zero-order chi connectivity index (χ0) is 11.0. The number of fused-ring (bicyclic) bond motifs is 1. The lowest BCUT2D eigenvalue weighted by molar-refractivity contribution is -0.249. The Morgan fingerprint density at radius 1 is 1.31 bits per heavy atom. The zero-order valence-corrected chi connectivity index (χ0v) is 9.22.